The van der Waals surface area contributed by atoms with Crippen molar-refractivity contribution in [1.82, 2.24) is 4.90 Å². The van der Waals surface area contributed by atoms with Crippen molar-refractivity contribution in [3.63, 3.8) is 0 Å². The molecule has 0 saturated carbocycles. The minimum Gasteiger partial charge on any atom is -0.444 e. The van der Waals surface area contributed by atoms with Crippen LogP contribution < -0.4 is 0 Å². The van der Waals surface area contributed by atoms with Gasteiger partial charge in [-0.05, 0) is 57.1 Å². The number of likely N-dealkylation sites (tertiary alicyclic amines) is 1. The Balaban J connectivity index is 1.87. The number of piperidine rings is 1. The Kier molecular flexibility index (Phi) is 5.12. The van der Waals surface area contributed by atoms with Gasteiger partial charge in [-0.25, -0.2) is 4.79 Å². The van der Waals surface area contributed by atoms with Crippen molar-refractivity contribution in [2.24, 2.45) is 0 Å². The largest absolute Gasteiger partial charge is 0.444 e. The van der Waals surface area contributed by atoms with Gasteiger partial charge in [0.1, 0.15) is 5.60 Å². The second kappa shape index (κ2) is 6.44. The zero-order chi connectivity index (χ0) is 13.9. The number of rotatable bonds is 0. The Morgan fingerprint density at radius 1 is 1.16 bits per heavy atom. The highest BCUT2D eigenvalue weighted by molar-refractivity contribution is 8.22. The minimum atomic E-state index is -0.398. The van der Waals surface area contributed by atoms with Gasteiger partial charge in [0.05, 0.1) is 0 Å². The Morgan fingerprint density at radius 3 is 2.26 bits per heavy atom. The molecule has 19 heavy (non-hydrogen) atoms. The summed E-state index contributed by atoms with van der Waals surface area (Å²) in [6, 6.07) is 0. The summed E-state index contributed by atoms with van der Waals surface area (Å²) < 4.78 is 6.94. The lowest BCUT2D eigenvalue weighted by atomic mass is 10.1. The van der Waals surface area contributed by atoms with Gasteiger partial charge in [0.15, 0.2) is 0 Å². The van der Waals surface area contributed by atoms with E-state index in [0.29, 0.717) is 0 Å². The Morgan fingerprint density at radius 2 is 1.74 bits per heavy atom. The number of amides is 1. The van der Waals surface area contributed by atoms with Crippen LogP contribution in [-0.2, 0) is 4.74 Å². The average Bonchev–Trinajstić information content (AvgIpc) is 2.38. The molecule has 0 unspecified atom stereocenters. The molecule has 0 N–H and O–H groups in total. The van der Waals surface area contributed by atoms with Crippen molar-refractivity contribution in [3.8, 4) is 0 Å². The highest BCUT2D eigenvalue weighted by Crippen LogP contribution is 2.40. The van der Waals surface area contributed by atoms with Gasteiger partial charge in [-0.15, -0.1) is 23.5 Å². The second-order valence-corrected chi connectivity index (χ2v) is 8.38. The molecule has 0 spiro atoms. The van der Waals surface area contributed by atoms with Gasteiger partial charge in [0.25, 0.3) is 0 Å². The summed E-state index contributed by atoms with van der Waals surface area (Å²) in [5, 5.41) is 0. The number of hydrogen-bond acceptors (Lipinski definition) is 4. The van der Waals surface area contributed by atoms with Crippen LogP contribution in [-0.4, -0.2) is 41.2 Å². The number of ether oxygens (including phenoxy) is 1. The highest BCUT2D eigenvalue weighted by atomic mass is 32.2. The van der Waals surface area contributed by atoms with Crippen LogP contribution >= 0.6 is 23.5 Å². The van der Waals surface area contributed by atoms with Crippen LogP contribution in [0, 0.1) is 0 Å². The zero-order valence-electron chi connectivity index (χ0n) is 12.0. The van der Waals surface area contributed by atoms with Gasteiger partial charge in [-0.2, -0.15) is 0 Å². The van der Waals surface area contributed by atoms with E-state index in [1.54, 1.807) is 5.57 Å². The SMILES string of the molecule is CC(C)(C)OC(=O)N1CCC(=C2SCCCS2)CC1. The van der Waals surface area contributed by atoms with E-state index < -0.39 is 5.60 Å². The quantitative estimate of drug-likeness (QED) is 0.674. The predicted molar refractivity (Wildman–Crippen MR) is 83.6 cm³/mol. The molecule has 2 aliphatic heterocycles. The fourth-order valence-corrected chi connectivity index (χ4v) is 4.90. The van der Waals surface area contributed by atoms with E-state index >= 15 is 0 Å². The molecule has 0 aromatic carbocycles. The van der Waals surface area contributed by atoms with Crippen molar-refractivity contribution >= 4 is 29.6 Å². The van der Waals surface area contributed by atoms with Gasteiger partial charge in [-0.3, -0.25) is 0 Å². The van der Waals surface area contributed by atoms with Crippen molar-refractivity contribution in [1.29, 1.82) is 0 Å². The molecule has 2 rings (SSSR count). The minimum absolute atomic E-state index is 0.166. The molecule has 0 radical (unpaired) electrons. The van der Waals surface area contributed by atoms with Crippen LogP contribution in [0.5, 0.6) is 0 Å². The Hall–Kier alpha value is -0.290. The molecule has 1 amide bonds. The lowest BCUT2D eigenvalue weighted by Crippen LogP contribution is -2.40. The van der Waals surface area contributed by atoms with Crippen molar-refractivity contribution in [2.75, 3.05) is 24.6 Å². The molecule has 2 heterocycles. The molecule has 3 nitrogen and oxygen atoms in total. The number of nitrogens with zero attached hydrogens (tertiary/aromatic N) is 1. The number of carbonyl (C=O) groups is 1. The summed E-state index contributed by atoms with van der Waals surface area (Å²) in [7, 11) is 0. The van der Waals surface area contributed by atoms with Crippen molar-refractivity contribution in [2.45, 2.75) is 45.6 Å². The van der Waals surface area contributed by atoms with Crippen LogP contribution in [0.25, 0.3) is 0 Å². The molecule has 0 bridgehead atoms. The Bertz CT molecular complexity index is 356. The lowest BCUT2D eigenvalue weighted by Gasteiger charge is -2.32. The monoisotopic (exact) mass is 301 g/mol. The predicted octanol–water partition coefficient (Wildman–Crippen LogP) is 4.10. The number of carbonyl (C=O) groups excluding carboxylic acids is 1. The summed E-state index contributed by atoms with van der Waals surface area (Å²) in [4.78, 5) is 13.8. The third kappa shape index (κ3) is 4.63. The maximum atomic E-state index is 12.0. The third-order valence-electron chi connectivity index (χ3n) is 3.06. The summed E-state index contributed by atoms with van der Waals surface area (Å²) in [5.74, 6) is 2.50. The van der Waals surface area contributed by atoms with E-state index in [0.717, 1.165) is 25.9 Å². The number of hydrogen-bond donors (Lipinski definition) is 0. The molecule has 2 fully saturated rings. The summed E-state index contributed by atoms with van der Waals surface area (Å²) in [5.41, 5.74) is 1.15. The molecular formula is C14H23NO2S2. The van der Waals surface area contributed by atoms with Crippen molar-refractivity contribution in [3.05, 3.63) is 9.81 Å². The van der Waals surface area contributed by atoms with E-state index in [1.165, 1.54) is 22.2 Å². The first kappa shape index (κ1) is 15.1. The first-order chi connectivity index (χ1) is 8.96. The van der Waals surface area contributed by atoms with Gasteiger partial charge < -0.3 is 9.64 Å². The van der Waals surface area contributed by atoms with Crippen LogP contribution in [0.4, 0.5) is 4.79 Å². The maximum absolute atomic E-state index is 12.0. The van der Waals surface area contributed by atoms with Crippen LogP contribution in [0.1, 0.15) is 40.0 Å². The second-order valence-electron chi connectivity index (χ2n) is 5.91. The van der Waals surface area contributed by atoms with E-state index in [2.05, 4.69) is 0 Å². The van der Waals surface area contributed by atoms with E-state index in [9.17, 15) is 4.79 Å². The fourth-order valence-electron chi connectivity index (χ4n) is 2.12. The van der Waals surface area contributed by atoms with Crippen molar-refractivity contribution < 1.29 is 9.53 Å². The molecule has 2 saturated heterocycles. The molecule has 0 aromatic rings. The Labute approximate surface area is 124 Å². The lowest BCUT2D eigenvalue weighted by molar-refractivity contribution is 0.0236. The maximum Gasteiger partial charge on any atom is 0.410 e. The molecule has 5 heteroatoms. The van der Waals surface area contributed by atoms with Gasteiger partial charge in [0.2, 0.25) is 0 Å². The standard InChI is InChI=1S/C14H23NO2S2/c1-14(2,3)17-13(16)15-7-5-11(6-8-15)12-18-9-4-10-19-12/h4-10H2,1-3H3. The van der Waals surface area contributed by atoms with E-state index in [4.69, 9.17) is 4.74 Å². The van der Waals surface area contributed by atoms with Crippen LogP contribution in [0.3, 0.4) is 0 Å². The van der Waals surface area contributed by atoms with E-state index in [1.807, 2.05) is 49.2 Å². The normalized spacial score (nSPS) is 21.5. The van der Waals surface area contributed by atoms with Crippen LogP contribution in [0.2, 0.25) is 0 Å². The number of thioether (sulfide) groups is 2. The topological polar surface area (TPSA) is 29.5 Å². The summed E-state index contributed by atoms with van der Waals surface area (Å²) >= 11 is 3.99. The smallest absolute Gasteiger partial charge is 0.410 e. The average molecular weight is 301 g/mol. The molecule has 2 aliphatic rings. The van der Waals surface area contributed by atoms with Gasteiger partial charge in [-0.1, -0.05) is 0 Å². The summed E-state index contributed by atoms with van der Waals surface area (Å²) in [6.07, 6.45) is 3.17. The summed E-state index contributed by atoms with van der Waals surface area (Å²) in [6.45, 7) is 7.34. The zero-order valence-corrected chi connectivity index (χ0v) is 13.7. The van der Waals surface area contributed by atoms with E-state index in [-0.39, 0.29) is 6.09 Å². The first-order valence-electron chi connectivity index (χ1n) is 6.91. The fraction of sp³-hybridized carbons (Fsp3) is 0.786. The van der Waals surface area contributed by atoms with Gasteiger partial charge >= 0.3 is 6.09 Å². The molecule has 0 aliphatic carbocycles. The molecule has 0 atom stereocenters. The molecular weight excluding hydrogens is 278 g/mol. The highest BCUT2D eigenvalue weighted by Gasteiger charge is 2.26. The third-order valence-corrected chi connectivity index (χ3v) is 5.86. The molecule has 108 valence electrons. The molecule has 0 aromatic heterocycles. The van der Waals surface area contributed by atoms with Crippen LogP contribution in [0.15, 0.2) is 9.81 Å². The van der Waals surface area contributed by atoms with Gasteiger partial charge in [0, 0.05) is 17.3 Å². The first-order valence-corrected chi connectivity index (χ1v) is 8.88.